The van der Waals surface area contributed by atoms with Gasteiger partial charge in [0.2, 0.25) is 5.89 Å². The van der Waals surface area contributed by atoms with Gasteiger partial charge in [-0.05, 0) is 24.7 Å². The number of oxazole rings is 1. The summed E-state index contributed by atoms with van der Waals surface area (Å²) in [5.41, 5.74) is 1.75. The molecule has 0 amide bonds. The quantitative estimate of drug-likeness (QED) is 0.931. The van der Waals surface area contributed by atoms with Gasteiger partial charge in [0.1, 0.15) is 6.26 Å². The maximum atomic E-state index is 5.98. The van der Waals surface area contributed by atoms with Gasteiger partial charge in [-0.25, -0.2) is 4.98 Å². The number of benzene rings is 1. The van der Waals surface area contributed by atoms with E-state index in [9.17, 15) is 0 Å². The molecule has 0 aliphatic carbocycles. The summed E-state index contributed by atoms with van der Waals surface area (Å²) in [6.07, 6.45) is 1.66. The van der Waals surface area contributed by atoms with Crippen molar-refractivity contribution < 1.29 is 4.42 Å². The van der Waals surface area contributed by atoms with Gasteiger partial charge in [-0.3, -0.25) is 0 Å². The van der Waals surface area contributed by atoms with Crippen LogP contribution in [-0.4, -0.2) is 11.5 Å². The summed E-state index contributed by atoms with van der Waals surface area (Å²) in [7, 11) is 0. The van der Waals surface area contributed by atoms with Crippen LogP contribution in [0.3, 0.4) is 0 Å². The number of nitrogens with one attached hydrogen (secondary N) is 1. The standard InChI is InChI=1S/C12H12BrClN2O/c1-2-15-6-11-7-17-12(16-11)8-3-9(13)5-10(14)4-8/h3-5,7,15H,2,6H2,1H3. The van der Waals surface area contributed by atoms with Gasteiger partial charge in [0.15, 0.2) is 0 Å². The molecule has 17 heavy (non-hydrogen) atoms. The second-order valence-corrected chi connectivity index (χ2v) is 4.93. The van der Waals surface area contributed by atoms with Crippen molar-refractivity contribution in [1.29, 1.82) is 0 Å². The SMILES string of the molecule is CCNCc1coc(-c2cc(Cl)cc(Br)c2)n1. The second kappa shape index (κ2) is 5.67. The first-order valence-electron chi connectivity index (χ1n) is 5.30. The minimum Gasteiger partial charge on any atom is -0.444 e. The summed E-state index contributed by atoms with van der Waals surface area (Å²) >= 11 is 9.37. The van der Waals surface area contributed by atoms with Crippen LogP contribution in [0.2, 0.25) is 5.02 Å². The number of aromatic nitrogens is 1. The van der Waals surface area contributed by atoms with Crippen molar-refractivity contribution in [1.82, 2.24) is 10.3 Å². The van der Waals surface area contributed by atoms with Crippen molar-refractivity contribution in [3.05, 3.63) is 39.7 Å². The monoisotopic (exact) mass is 314 g/mol. The van der Waals surface area contributed by atoms with Crippen LogP contribution in [0.1, 0.15) is 12.6 Å². The topological polar surface area (TPSA) is 38.1 Å². The zero-order valence-electron chi connectivity index (χ0n) is 9.34. The summed E-state index contributed by atoms with van der Waals surface area (Å²) in [4.78, 5) is 4.39. The van der Waals surface area contributed by atoms with Crippen LogP contribution < -0.4 is 5.32 Å². The van der Waals surface area contributed by atoms with Gasteiger partial charge in [-0.15, -0.1) is 0 Å². The molecule has 0 aliphatic rings. The molecule has 1 N–H and O–H groups in total. The number of nitrogens with zero attached hydrogens (tertiary/aromatic N) is 1. The van der Waals surface area contributed by atoms with E-state index in [0.717, 1.165) is 22.3 Å². The molecule has 0 unspecified atom stereocenters. The molecular formula is C12H12BrClN2O. The fraction of sp³-hybridized carbons (Fsp3) is 0.250. The number of rotatable bonds is 4. The molecule has 0 aliphatic heterocycles. The molecule has 0 bridgehead atoms. The molecule has 90 valence electrons. The Hall–Kier alpha value is -0.840. The minimum atomic E-state index is 0.584. The van der Waals surface area contributed by atoms with Crippen LogP contribution in [0.15, 0.2) is 33.4 Å². The molecule has 0 radical (unpaired) electrons. The summed E-state index contributed by atoms with van der Waals surface area (Å²) in [5.74, 6) is 0.584. The Labute approximate surface area is 113 Å². The Morgan fingerprint density at radius 2 is 2.24 bits per heavy atom. The maximum absolute atomic E-state index is 5.98. The first kappa shape index (κ1) is 12.6. The van der Waals surface area contributed by atoms with Crippen LogP contribution in [0.4, 0.5) is 0 Å². The minimum absolute atomic E-state index is 0.584. The second-order valence-electron chi connectivity index (χ2n) is 3.58. The van der Waals surface area contributed by atoms with Crippen molar-refractivity contribution in [3.63, 3.8) is 0 Å². The van der Waals surface area contributed by atoms with E-state index in [-0.39, 0.29) is 0 Å². The normalized spacial score (nSPS) is 10.8. The van der Waals surface area contributed by atoms with E-state index in [1.165, 1.54) is 0 Å². The Kier molecular flexibility index (Phi) is 4.20. The van der Waals surface area contributed by atoms with E-state index in [4.69, 9.17) is 16.0 Å². The van der Waals surface area contributed by atoms with E-state index in [1.54, 1.807) is 6.26 Å². The molecule has 5 heteroatoms. The largest absolute Gasteiger partial charge is 0.444 e. The lowest BCUT2D eigenvalue weighted by Gasteiger charge is -1.98. The average molecular weight is 316 g/mol. The zero-order valence-corrected chi connectivity index (χ0v) is 11.7. The van der Waals surface area contributed by atoms with Crippen LogP contribution in [0.25, 0.3) is 11.5 Å². The number of hydrogen-bond donors (Lipinski definition) is 1. The van der Waals surface area contributed by atoms with Gasteiger partial charge in [-0.2, -0.15) is 0 Å². The first-order valence-corrected chi connectivity index (χ1v) is 6.47. The van der Waals surface area contributed by atoms with Gasteiger partial charge in [0, 0.05) is 21.6 Å². The lowest BCUT2D eigenvalue weighted by Crippen LogP contribution is -2.11. The van der Waals surface area contributed by atoms with Gasteiger partial charge < -0.3 is 9.73 Å². The molecule has 3 nitrogen and oxygen atoms in total. The smallest absolute Gasteiger partial charge is 0.226 e. The van der Waals surface area contributed by atoms with Crippen molar-refractivity contribution >= 4 is 27.5 Å². The average Bonchev–Trinajstić information content (AvgIpc) is 2.73. The molecule has 1 aromatic carbocycles. The van der Waals surface area contributed by atoms with Gasteiger partial charge in [0.25, 0.3) is 0 Å². The molecule has 1 aromatic heterocycles. The third-order valence-electron chi connectivity index (χ3n) is 2.22. The van der Waals surface area contributed by atoms with Gasteiger partial charge in [-0.1, -0.05) is 34.5 Å². The van der Waals surface area contributed by atoms with Crippen molar-refractivity contribution in [2.24, 2.45) is 0 Å². The fourth-order valence-corrected chi connectivity index (χ4v) is 2.31. The van der Waals surface area contributed by atoms with Crippen molar-refractivity contribution in [2.45, 2.75) is 13.5 Å². The molecule has 2 rings (SSSR count). The molecule has 1 heterocycles. The lowest BCUT2D eigenvalue weighted by atomic mass is 10.2. The molecule has 0 saturated heterocycles. The van der Waals surface area contributed by atoms with Gasteiger partial charge >= 0.3 is 0 Å². The summed E-state index contributed by atoms with van der Waals surface area (Å²) < 4.78 is 6.34. The summed E-state index contributed by atoms with van der Waals surface area (Å²) in [6.45, 7) is 3.67. The molecule has 2 aromatic rings. The highest BCUT2D eigenvalue weighted by atomic mass is 79.9. The van der Waals surface area contributed by atoms with E-state index in [1.807, 2.05) is 18.2 Å². The van der Waals surface area contributed by atoms with E-state index in [0.29, 0.717) is 17.5 Å². The molecule has 0 spiro atoms. The van der Waals surface area contributed by atoms with Crippen molar-refractivity contribution in [2.75, 3.05) is 6.54 Å². The highest BCUT2D eigenvalue weighted by molar-refractivity contribution is 9.10. The van der Waals surface area contributed by atoms with Crippen LogP contribution in [0.5, 0.6) is 0 Å². The van der Waals surface area contributed by atoms with E-state index >= 15 is 0 Å². The van der Waals surface area contributed by atoms with Crippen LogP contribution in [0, 0.1) is 0 Å². The third-order valence-corrected chi connectivity index (χ3v) is 2.89. The van der Waals surface area contributed by atoms with E-state index in [2.05, 4.69) is 33.2 Å². The van der Waals surface area contributed by atoms with Crippen LogP contribution in [-0.2, 0) is 6.54 Å². The highest BCUT2D eigenvalue weighted by Gasteiger charge is 2.08. The number of hydrogen-bond acceptors (Lipinski definition) is 3. The molecular weight excluding hydrogens is 304 g/mol. The lowest BCUT2D eigenvalue weighted by molar-refractivity contribution is 0.570. The Balaban J connectivity index is 2.24. The molecule has 0 fully saturated rings. The maximum Gasteiger partial charge on any atom is 0.226 e. The summed E-state index contributed by atoms with van der Waals surface area (Å²) in [5, 5.41) is 3.85. The van der Waals surface area contributed by atoms with Crippen molar-refractivity contribution in [3.8, 4) is 11.5 Å². The van der Waals surface area contributed by atoms with E-state index < -0.39 is 0 Å². The Bertz CT molecular complexity index is 493. The molecule has 0 saturated carbocycles. The fourth-order valence-electron chi connectivity index (χ4n) is 1.45. The summed E-state index contributed by atoms with van der Waals surface area (Å²) in [6, 6.07) is 5.58. The predicted molar refractivity (Wildman–Crippen MR) is 72.0 cm³/mol. The predicted octanol–water partition coefficient (Wildman–Crippen LogP) is 3.87. The molecule has 0 atom stereocenters. The number of halogens is 2. The first-order chi connectivity index (χ1) is 8.19. The van der Waals surface area contributed by atoms with Gasteiger partial charge in [0.05, 0.1) is 5.69 Å². The zero-order chi connectivity index (χ0) is 12.3. The highest BCUT2D eigenvalue weighted by Crippen LogP contribution is 2.26. The van der Waals surface area contributed by atoms with Crippen LogP contribution >= 0.6 is 27.5 Å². The Morgan fingerprint density at radius 1 is 1.41 bits per heavy atom. The Morgan fingerprint density at radius 3 is 2.94 bits per heavy atom. The third kappa shape index (κ3) is 3.31.